The molecule has 0 aliphatic heterocycles. The van der Waals surface area contributed by atoms with Crippen LogP contribution >= 0.6 is 23.3 Å². The Kier molecular flexibility index (Phi) is 5.00. The summed E-state index contributed by atoms with van der Waals surface area (Å²) in [6, 6.07) is 0. The molecule has 4 nitrogen and oxygen atoms in total. The van der Waals surface area contributed by atoms with E-state index in [1.54, 1.807) is 0 Å². The topological polar surface area (TPSA) is 58.0 Å². The van der Waals surface area contributed by atoms with E-state index in [0.29, 0.717) is 5.25 Å². The second-order valence-corrected chi connectivity index (χ2v) is 7.15. The Labute approximate surface area is 117 Å². The van der Waals surface area contributed by atoms with Crippen molar-refractivity contribution < 1.29 is 5.11 Å². The molecule has 1 aliphatic rings. The van der Waals surface area contributed by atoms with Crippen LogP contribution in [0.2, 0.25) is 0 Å². The van der Waals surface area contributed by atoms with Crippen molar-refractivity contribution in [1.82, 2.24) is 14.7 Å². The largest absolute Gasteiger partial charge is 0.394 e. The van der Waals surface area contributed by atoms with Crippen LogP contribution in [0.3, 0.4) is 0 Å². The number of nitrogens with zero attached hydrogens (tertiary/aromatic N) is 2. The molecule has 2 rings (SSSR count). The van der Waals surface area contributed by atoms with E-state index in [-0.39, 0.29) is 12.1 Å². The molecule has 2 atom stereocenters. The van der Waals surface area contributed by atoms with Gasteiger partial charge in [0.1, 0.15) is 5.82 Å². The molecule has 0 spiro atoms. The molecule has 0 radical (unpaired) electrons. The van der Waals surface area contributed by atoms with Crippen molar-refractivity contribution in [2.24, 2.45) is 0 Å². The number of aliphatic hydroxyl groups excluding tert-OH is 1. The molecule has 6 heteroatoms. The fourth-order valence-corrected chi connectivity index (χ4v) is 4.75. The number of nitrogens with one attached hydrogen (secondary N) is 1. The zero-order chi connectivity index (χ0) is 13.0. The molecule has 1 aliphatic carbocycles. The normalized spacial score (nSPS) is 28.5. The van der Waals surface area contributed by atoms with Gasteiger partial charge in [0.25, 0.3) is 0 Å². The molecule has 1 heterocycles. The van der Waals surface area contributed by atoms with Crippen molar-refractivity contribution in [2.45, 2.75) is 54.2 Å². The molecule has 2 unspecified atom stereocenters. The molecule has 0 amide bonds. The Hall–Kier alpha value is -0.170. The average Bonchev–Trinajstić information content (AvgIpc) is 2.86. The van der Waals surface area contributed by atoms with Crippen molar-refractivity contribution in [1.29, 1.82) is 0 Å². The fraction of sp³-hybridized carbons (Fsp3) is 0.833. The van der Waals surface area contributed by atoms with Gasteiger partial charge in [-0.15, -0.1) is 0 Å². The molecule has 1 aromatic heterocycles. The van der Waals surface area contributed by atoms with Gasteiger partial charge >= 0.3 is 0 Å². The van der Waals surface area contributed by atoms with Crippen LogP contribution in [0, 0.1) is 0 Å². The van der Waals surface area contributed by atoms with Crippen LogP contribution in [-0.4, -0.2) is 38.9 Å². The van der Waals surface area contributed by atoms with Crippen LogP contribution in [0.15, 0.2) is 4.34 Å². The highest BCUT2D eigenvalue weighted by Gasteiger charge is 2.35. The van der Waals surface area contributed by atoms with Gasteiger partial charge in [-0.3, -0.25) is 0 Å². The highest BCUT2D eigenvalue weighted by Crippen LogP contribution is 2.38. The molecule has 0 aromatic carbocycles. The zero-order valence-electron chi connectivity index (χ0n) is 11.0. The number of hydrogen-bond acceptors (Lipinski definition) is 6. The van der Waals surface area contributed by atoms with Gasteiger partial charge in [-0.05, 0) is 37.8 Å². The quantitative estimate of drug-likeness (QED) is 0.868. The lowest BCUT2D eigenvalue weighted by atomic mass is 9.82. The number of aryl methyl sites for hydroxylation is 1. The Balaban J connectivity index is 1.97. The number of aliphatic hydroxyl groups is 1. The Morgan fingerprint density at radius 2 is 2.44 bits per heavy atom. The van der Waals surface area contributed by atoms with E-state index in [2.05, 4.69) is 21.6 Å². The second-order valence-electron chi connectivity index (χ2n) is 4.85. The third kappa shape index (κ3) is 3.23. The third-order valence-electron chi connectivity index (χ3n) is 3.67. The maximum atomic E-state index is 9.57. The second kappa shape index (κ2) is 6.32. The fourth-order valence-electron chi connectivity index (χ4n) is 2.43. The molecule has 1 saturated carbocycles. The summed E-state index contributed by atoms with van der Waals surface area (Å²) in [5.74, 6) is 0.945. The third-order valence-corrected chi connectivity index (χ3v) is 5.76. The monoisotopic (exact) mass is 287 g/mol. The number of likely N-dealkylation sites (N-methyl/N-ethyl adjacent to an activating group) is 1. The smallest absolute Gasteiger partial charge is 0.170 e. The molecule has 18 heavy (non-hydrogen) atoms. The van der Waals surface area contributed by atoms with E-state index >= 15 is 0 Å². The summed E-state index contributed by atoms with van der Waals surface area (Å²) in [4.78, 5) is 4.51. The molecule has 2 N–H and O–H groups in total. The molecular weight excluding hydrogens is 266 g/mol. The average molecular weight is 287 g/mol. The number of hydrogen-bond donors (Lipinski definition) is 2. The minimum absolute atomic E-state index is 0.0891. The summed E-state index contributed by atoms with van der Waals surface area (Å²) in [6.45, 7) is 2.30. The molecule has 102 valence electrons. The first-order valence-corrected chi connectivity index (χ1v) is 8.15. The molecule has 1 aromatic rings. The van der Waals surface area contributed by atoms with Gasteiger partial charge in [-0.1, -0.05) is 25.1 Å². The maximum absolute atomic E-state index is 9.57. The Morgan fingerprint density at radius 1 is 1.61 bits per heavy atom. The first-order chi connectivity index (χ1) is 8.71. The lowest BCUT2D eigenvalue weighted by Gasteiger charge is -2.39. The van der Waals surface area contributed by atoms with Gasteiger partial charge in [-0.2, -0.15) is 4.37 Å². The lowest BCUT2D eigenvalue weighted by molar-refractivity contribution is 0.131. The predicted octanol–water partition coefficient (Wildman–Crippen LogP) is 2.09. The van der Waals surface area contributed by atoms with Gasteiger partial charge in [0.05, 0.1) is 6.61 Å². The van der Waals surface area contributed by atoms with Crippen molar-refractivity contribution in [3.8, 4) is 0 Å². The van der Waals surface area contributed by atoms with Crippen LogP contribution in [0.1, 0.15) is 38.4 Å². The van der Waals surface area contributed by atoms with Crippen LogP contribution in [0.4, 0.5) is 0 Å². The molecular formula is C12H21N3OS2. The van der Waals surface area contributed by atoms with E-state index < -0.39 is 0 Å². The van der Waals surface area contributed by atoms with Gasteiger partial charge in [0, 0.05) is 17.2 Å². The highest BCUT2D eigenvalue weighted by molar-refractivity contribution is 8.01. The number of thioether (sulfide) groups is 1. The summed E-state index contributed by atoms with van der Waals surface area (Å²) in [5.41, 5.74) is -0.0891. The summed E-state index contributed by atoms with van der Waals surface area (Å²) >= 11 is 3.33. The summed E-state index contributed by atoms with van der Waals surface area (Å²) in [5, 5.41) is 13.4. The standard InChI is InChI=1S/C12H21N3OS2/c1-3-10-14-11(18-15-10)17-9-5-4-6-12(7-9,8-16)13-2/h9,13,16H,3-8H2,1-2H3. The van der Waals surface area contributed by atoms with E-state index in [9.17, 15) is 5.11 Å². The first-order valence-electron chi connectivity index (χ1n) is 6.50. The van der Waals surface area contributed by atoms with Crippen molar-refractivity contribution >= 4 is 23.3 Å². The van der Waals surface area contributed by atoms with E-state index in [0.717, 1.165) is 29.4 Å². The van der Waals surface area contributed by atoms with Gasteiger partial charge < -0.3 is 10.4 Å². The summed E-state index contributed by atoms with van der Waals surface area (Å²) in [6.07, 6.45) is 5.34. The number of rotatable bonds is 5. The Morgan fingerprint density at radius 3 is 3.06 bits per heavy atom. The number of aromatic nitrogens is 2. The first kappa shape index (κ1) is 14.2. The SMILES string of the molecule is CCc1nsc(SC2CCCC(CO)(NC)C2)n1. The summed E-state index contributed by atoms with van der Waals surface area (Å²) in [7, 11) is 1.95. The van der Waals surface area contributed by atoms with Crippen molar-refractivity contribution in [3.05, 3.63) is 5.82 Å². The van der Waals surface area contributed by atoms with Crippen molar-refractivity contribution in [2.75, 3.05) is 13.7 Å². The zero-order valence-corrected chi connectivity index (χ0v) is 12.6. The summed E-state index contributed by atoms with van der Waals surface area (Å²) < 4.78 is 5.39. The molecule has 1 fully saturated rings. The molecule has 0 saturated heterocycles. The van der Waals surface area contributed by atoms with Gasteiger partial charge in [0.15, 0.2) is 4.34 Å². The molecule has 0 bridgehead atoms. The van der Waals surface area contributed by atoms with Crippen LogP contribution in [0.25, 0.3) is 0 Å². The van der Waals surface area contributed by atoms with Crippen LogP contribution in [-0.2, 0) is 6.42 Å². The minimum atomic E-state index is -0.0891. The van der Waals surface area contributed by atoms with E-state index in [1.807, 2.05) is 18.8 Å². The van der Waals surface area contributed by atoms with Gasteiger partial charge in [-0.25, -0.2) is 4.98 Å². The lowest BCUT2D eigenvalue weighted by Crippen LogP contribution is -2.50. The minimum Gasteiger partial charge on any atom is -0.394 e. The van der Waals surface area contributed by atoms with E-state index in [4.69, 9.17) is 0 Å². The van der Waals surface area contributed by atoms with Crippen LogP contribution < -0.4 is 5.32 Å². The Bertz CT molecular complexity index is 379. The van der Waals surface area contributed by atoms with Gasteiger partial charge in [0.2, 0.25) is 0 Å². The predicted molar refractivity (Wildman–Crippen MR) is 76.3 cm³/mol. The van der Waals surface area contributed by atoms with Crippen molar-refractivity contribution in [3.63, 3.8) is 0 Å². The van der Waals surface area contributed by atoms with Crippen LogP contribution in [0.5, 0.6) is 0 Å². The van der Waals surface area contributed by atoms with E-state index in [1.165, 1.54) is 24.4 Å². The maximum Gasteiger partial charge on any atom is 0.170 e. The highest BCUT2D eigenvalue weighted by atomic mass is 32.2.